The zero-order valence-electron chi connectivity index (χ0n) is 15.2. The van der Waals surface area contributed by atoms with E-state index >= 15 is 0 Å². The molecule has 0 bridgehead atoms. The molecule has 0 saturated carbocycles. The highest BCUT2D eigenvalue weighted by atomic mass is 16.5. The number of nitrogens with two attached hydrogens (primary N) is 1. The third-order valence-electron chi connectivity index (χ3n) is 4.45. The van der Waals surface area contributed by atoms with E-state index in [9.17, 15) is 14.7 Å². The number of nitrogens with zero attached hydrogens (tertiary/aromatic N) is 2. The molecule has 10 nitrogen and oxygen atoms in total. The van der Waals surface area contributed by atoms with Crippen LogP contribution in [0.15, 0.2) is 30.7 Å². The predicted octanol–water partition coefficient (Wildman–Crippen LogP) is 1.72. The lowest BCUT2D eigenvalue weighted by Gasteiger charge is -2.06. The maximum Gasteiger partial charge on any atom is 0.337 e. The van der Waals surface area contributed by atoms with Crippen LogP contribution < -0.4 is 15.8 Å². The number of nitrogens with one attached hydrogen (secondary N) is 3. The van der Waals surface area contributed by atoms with Crippen molar-refractivity contribution in [3.8, 4) is 17.1 Å². The van der Waals surface area contributed by atoms with Gasteiger partial charge >= 0.3 is 5.97 Å². The van der Waals surface area contributed by atoms with Crippen LogP contribution in [-0.4, -0.2) is 50.3 Å². The number of amides is 1. The number of aromatic amines is 2. The normalized spacial score (nSPS) is 14.1. The van der Waals surface area contributed by atoms with Crippen LogP contribution in [0.25, 0.3) is 22.9 Å². The quantitative estimate of drug-likeness (QED) is 0.301. The molecule has 0 aromatic carbocycles. The number of carboxylic acids is 1. The van der Waals surface area contributed by atoms with Gasteiger partial charge in [-0.1, -0.05) is 0 Å². The zero-order chi connectivity index (χ0) is 20.4. The first-order valence-electron chi connectivity index (χ1n) is 8.89. The molecule has 0 radical (unpaired) electrons. The Bertz CT molecular complexity index is 1110. The molecule has 0 aliphatic carbocycles. The van der Waals surface area contributed by atoms with Gasteiger partial charge in [0.05, 0.1) is 46.6 Å². The van der Waals surface area contributed by atoms with E-state index in [1.54, 1.807) is 18.5 Å². The third kappa shape index (κ3) is 3.48. The van der Waals surface area contributed by atoms with Crippen molar-refractivity contribution in [1.29, 1.82) is 0 Å². The summed E-state index contributed by atoms with van der Waals surface area (Å²) in [6.45, 7) is 0.936. The number of aromatic nitrogens is 4. The highest BCUT2D eigenvalue weighted by molar-refractivity contribution is 6.35. The first kappa shape index (κ1) is 18.4. The molecule has 4 rings (SSSR count). The molecule has 3 aromatic heterocycles. The van der Waals surface area contributed by atoms with Gasteiger partial charge in [-0.2, -0.15) is 0 Å². The molecule has 0 unspecified atom stereocenters. The fourth-order valence-electron chi connectivity index (χ4n) is 3.04. The van der Waals surface area contributed by atoms with E-state index < -0.39 is 5.97 Å². The van der Waals surface area contributed by atoms with Crippen molar-refractivity contribution >= 4 is 29.2 Å². The molecule has 0 fully saturated rings. The number of fused-ring (bicyclic) bond motifs is 1. The van der Waals surface area contributed by atoms with E-state index in [2.05, 4.69) is 25.5 Å². The number of aromatic carboxylic acids is 1. The van der Waals surface area contributed by atoms with Crippen molar-refractivity contribution < 1.29 is 19.4 Å². The first-order valence-corrected chi connectivity index (χ1v) is 8.89. The number of ether oxygens (including phenoxy) is 1. The lowest BCUT2D eigenvalue weighted by molar-refractivity contribution is -0.110. The van der Waals surface area contributed by atoms with Gasteiger partial charge in [-0.3, -0.25) is 14.9 Å². The third-order valence-corrected chi connectivity index (χ3v) is 4.45. The van der Waals surface area contributed by atoms with Crippen LogP contribution in [0.4, 0.5) is 5.69 Å². The Kier molecular flexibility index (Phi) is 4.83. The summed E-state index contributed by atoms with van der Waals surface area (Å²) in [5.41, 5.74) is 8.61. The Morgan fingerprint density at radius 2 is 2.21 bits per heavy atom. The molecule has 4 heterocycles. The van der Waals surface area contributed by atoms with Gasteiger partial charge in [0.2, 0.25) is 5.88 Å². The summed E-state index contributed by atoms with van der Waals surface area (Å²) in [6, 6.07) is 3.18. The molecule has 1 aliphatic heterocycles. The molecule has 0 spiro atoms. The number of hydrogen-bond acceptors (Lipinski definition) is 6. The number of hydrogen-bond donors (Lipinski definition) is 5. The number of H-pyrrole nitrogens is 2. The Labute approximate surface area is 164 Å². The van der Waals surface area contributed by atoms with Crippen LogP contribution in [0.3, 0.4) is 0 Å². The molecule has 148 valence electrons. The average Bonchev–Trinajstić information content (AvgIpc) is 3.42. The highest BCUT2D eigenvalue weighted by Crippen LogP contribution is 2.36. The van der Waals surface area contributed by atoms with Gasteiger partial charge in [0, 0.05) is 18.0 Å². The minimum absolute atomic E-state index is 0.0819. The predicted molar refractivity (Wildman–Crippen MR) is 105 cm³/mol. The van der Waals surface area contributed by atoms with Crippen molar-refractivity contribution in [2.45, 2.75) is 6.42 Å². The van der Waals surface area contributed by atoms with Crippen LogP contribution in [0, 0.1) is 0 Å². The van der Waals surface area contributed by atoms with Gasteiger partial charge in [0.1, 0.15) is 0 Å². The van der Waals surface area contributed by atoms with Crippen LogP contribution >= 0.6 is 0 Å². The molecule has 6 N–H and O–H groups in total. The van der Waals surface area contributed by atoms with Gasteiger partial charge in [-0.05, 0) is 31.2 Å². The fourth-order valence-corrected chi connectivity index (χ4v) is 3.04. The maximum absolute atomic E-state index is 12.5. The summed E-state index contributed by atoms with van der Waals surface area (Å²) in [4.78, 5) is 31.0. The van der Waals surface area contributed by atoms with Crippen LogP contribution in [0.5, 0.6) is 5.88 Å². The van der Waals surface area contributed by atoms with Gasteiger partial charge in [0.15, 0.2) is 0 Å². The van der Waals surface area contributed by atoms with Crippen molar-refractivity contribution in [3.05, 3.63) is 47.5 Å². The second kappa shape index (κ2) is 7.60. The molecule has 29 heavy (non-hydrogen) atoms. The first-order chi connectivity index (χ1) is 14.1. The van der Waals surface area contributed by atoms with Crippen LogP contribution in [0.2, 0.25) is 0 Å². The highest BCUT2D eigenvalue weighted by Gasteiger charge is 2.27. The van der Waals surface area contributed by atoms with E-state index in [0.717, 1.165) is 0 Å². The lowest BCUT2D eigenvalue weighted by atomic mass is 10.0. The van der Waals surface area contributed by atoms with Crippen LogP contribution in [0.1, 0.15) is 28.0 Å². The smallest absolute Gasteiger partial charge is 0.337 e. The van der Waals surface area contributed by atoms with Crippen molar-refractivity contribution in [2.24, 2.45) is 5.73 Å². The average molecular weight is 394 g/mol. The fraction of sp³-hybridized carbons (Fsp3) is 0.158. The number of pyridine rings is 1. The Morgan fingerprint density at radius 3 is 3.00 bits per heavy atom. The summed E-state index contributed by atoms with van der Waals surface area (Å²) in [7, 11) is 0. The molecule has 0 atom stereocenters. The standard InChI is InChI=1S/C19H18N6O4/c20-3-1-5-29-18-13(8-23-25-18)15-6-11-12(17(26)24-16(11)9-22-15)7-14-10(19(27)28)2-4-21-14/h2,4,6-9,21H,1,3,5,20H2,(H,23,25)(H,24,26)(H,27,28)/b12-7-. The summed E-state index contributed by atoms with van der Waals surface area (Å²) in [5.74, 6) is -1.02. The Balaban J connectivity index is 1.71. The van der Waals surface area contributed by atoms with Crippen molar-refractivity contribution in [3.63, 3.8) is 0 Å². The number of rotatable bonds is 7. The Morgan fingerprint density at radius 1 is 1.34 bits per heavy atom. The van der Waals surface area contributed by atoms with Gasteiger partial charge < -0.3 is 25.9 Å². The minimum Gasteiger partial charge on any atom is -0.478 e. The van der Waals surface area contributed by atoms with E-state index in [1.165, 1.54) is 18.3 Å². The monoisotopic (exact) mass is 394 g/mol. The number of carbonyl (C=O) groups excluding carboxylic acids is 1. The number of anilines is 1. The topological polar surface area (TPSA) is 159 Å². The maximum atomic E-state index is 12.5. The number of carboxylic acid groups (broad SMARTS) is 1. The van der Waals surface area contributed by atoms with Gasteiger partial charge in [0.25, 0.3) is 5.91 Å². The zero-order valence-corrected chi connectivity index (χ0v) is 15.2. The summed E-state index contributed by atoms with van der Waals surface area (Å²) in [5, 5.41) is 18.9. The van der Waals surface area contributed by atoms with E-state index in [4.69, 9.17) is 10.5 Å². The minimum atomic E-state index is -1.08. The van der Waals surface area contributed by atoms with Crippen molar-refractivity contribution in [2.75, 3.05) is 18.5 Å². The van der Waals surface area contributed by atoms with Gasteiger partial charge in [-0.15, -0.1) is 5.10 Å². The number of carbonyl (C=O) groups is 2. The van der Waals surface area contributed by atoms with Gasteiger partial charge in [-0.25, -0.2) is 4.79 Å². The molecular formula is C19H18N6O4. The molecule has 10 heteroatoms. The second-order valence-corrected chi connectivity index (χ2v) is 6.33. The van der Waals surface area contributed by atoms with Crippen molar-refractivity contribution in [1.82, 2.24) is 20.2 Å². The molecule has 1 amide bonds. The Hall–Kier alpha value is -3.92. The summed E-state index contributed by atoms with van der Waals surface area (Å²) >= 11 is 0. The molecule has 1 aliphatic rings. The lowest BCUT2D eigenvalue weighted by Crippen LogP contribution is -2.06. The summed E-state index contributed by atoms with van der Waals surface area (Å²) < 4.78 is 5.64. The largest absolute Gasteiger partial charge is 0.478 e. The second-order valence-electron chi connectivity index (χ2n) is 6.33. The molecule has 0 saturated heterocycles. The van der Waals surface area contributed by atoms with E-state index in [-0.39, 0.29) is 11.5 Å². The van der Waals surface area contributed by atoms with E-state index in [1.807, 2.05) is 0 Å². The SMILES string of the molecule is NCCCOc1n[nH]cc1-c1cc2c(cn1)NC(=O)/C2=C\c1[nH]ccc1C(=O)O. The van der Waals surface area contributed by atoms with Crippen LogP contribution in [-0.2, 0) is 4.79 Å². The molecular weight excluding hydrogens is 376 g/mol. The molecule has 3 aromatic rings. The van der Waals surface area contributed by atoms with E-state index in [0.29, 0.717) is 59.2 Å². The summed E-state index contributed by atoms with van der Waals surface area (Å²) in [6.07, 6.45) is 6.93.